The van der Waals surface area contributed by atoms with Crippen molar-refractivity contribution in [2.75, 3.05) is 5.32 Å². The van der Waals surface area contributed by atoms with Crippen LogP contribution in [0.3, 0.4) is 0 Å². The molecule has 2 heterocycles. The Morgan fingerprint density at radius 2 is 2.11 bits per heavy atom. The SMILES string of the molecule is O=C(Cc1ccccn1)Nc1cncc(C(=O)O)c1. The molecule has 1 amide bonds. The van der Waals surface area contributed by atoms with E-state index < -0.39 is 5.97 Å². The Balaban J connectivity index is 2.03. The van der Waals surface area contributed by atoms with E-state index in [1.165, 1.54) is 18.5 Å². The summed E-state index contributed by atoms with van der Waals surface area (Å²) in [4.78, 5) is 30.3. The highest BCUT2D eigenvalue weighted by molar-refractivity contribution is 5.94. The van der Waals surface area contributed by atoms with Gasteiger partial charge in [0.1, 0.15) is 0 Å². The van der Waals surface area contributed by atoms with Gasteiger partial charge in [0.25, 0.3) is 0 Å². The van der Waals surface area contributed by atoms with E-state index in [1.54, 1.807) is 24.4 Å². The molecule has 0 bridgehead atoms. The van der Waals surface area contributed by atoms with E-state index >= 15 is 0 Å². The summed E-state index contributed by atoms with van der Waals surface area (Å²) in [5.41, 5.74) is 1.01. The molecule has 2 rings (SSSR count). The third kappa shape index (κ3) is 3.60. The van der Waals surface area contributed by atoms with Crippen LogP contribution in [0.4, 0.5) is 5.69 Å². The first-order valence-electron chi connectivity index (χ1n) is 5.53. The number of aromatic carboxylic acids is 1. The van der Waals surface area contributed by atoms with Gasteiger partial charge >= 0.3 is 5.97 Å². The van der Waals surface area contributed by atoms with E-state index in [9.17, 15) is 9.59 Å². The fourth-order valence-electron chi connectivity index (χ4n) is 1.50. The molecule has 0 radical (unpaired) electrons. The number of hydrogen-bond acceptors (Lipinski definition) is 4. The molecular formula is C13H11N3O3. The Morgan fingerprint density at radius 1 is 1.26 bits per heavy atom. The molecule has 0 spiro atoms. The summed E-state index contributed by atoms with van der Waals surface area (Å²) < 4.78 is 0. The molecule has 0 aliphatic heterocycles. The van der Waals surface area contributed by atoms with Gasteiger partial charge in [-0.25, -0.2) is 4.79 Å². The molecule has 2 aromatic heterocycles. The van der Waals surface area contributed by atoms with Gasteiger partial charge in [-0.1, -0.05) is 6.07 Å². The average molecular weight is 257 g/mol. The molecule has 6 heteroatoms. The number of pyridine rings is 2. The van der Waals surface area contributed by atoms with E-state index in [2.05, 4.69) is 15.3 Å². The maximum absolute atomic E-state index is 11.7. The van der Waals surface area contributed by atoms with Gasteiger partial charge < -0.3 is 10.4 Å². The van der Waals surface area contributed by atoms with Gasteiger partial charge in [-0.3, -0.25) is 14.8 Å². The van der Waals surface area contributed by atoms with Crippen LogP contribution in [-0.4, -0.2) is 27.0 Å². The van der Waals surface area contributed by atoms with E-state index in [4.69, 9.17) is 5.11 Å². The largest absolute Gasteiger partial charge is 0.478 e. The molecule has 0 saturated heterocycles. The van der Waals surface area contributed by atoms with Crippen molar-refractivity contribution in [1.29, 1.82) is 0 Å². The topological polar surface area (TPSA) is 92.2 Å². The van der Waals surface area contributed by atoms with Crippen LogP contribution < -0.4 is 5.32 Å². The number of carbonyl (C=O) groups excluding carboxylic acids is 1. The van der Waals surface area contributed by atoms with Crippen LogP contribution in [-0.2, 0) is 11.2 Å². The van der Waals surface area contributed by atoms with Gasteiger partial charge in [0, 0.05) is 18.1 Å². The van der Waals surface area contributed by atoms with Crippen LogP contribution in [0.2, 0.25) is 0 Å². The van der Waals surface area contributed by atoms with Crippen molar-refractivity contribution in [3.8, 4) is 0 Å². The molecule has 0 aliphatic carbocycles. The van der Waals surface area contributed by atoms with Crippen LogP contribution in [0.15, 0.2) is 42.9 Å². The van der Waals surface area contributed by atoms with Gasteiger partial charge in [-0.2, -0.15) is 0 Å². The molecule has 2 aromatic rings. The van der Waals surface area contributed by atoms with Crippen molar-refractivity contribution in [2.45, 2.75) is 6.42 Å². The number of carboxylic acid groups (broad SMARTS) is 1. The monoisotopic (exact) mass is 257 g/mol. The van der Waals surface area contributed by atoms with Crippen molar-refractivity contribution in [2.24, 2.45) is 0 Å². The minimum Gasteiger partial charge on any atom is -0.478 e. The predicted octanol–water partition coefficient (Wildman–Crippen LogP) is 1.36. The summed E-state index contributed by atoms with van der Waals surface area (Å²) in [6, 6.07) is 6.65. The van der Waals surface area contributed by atoms with Crippen LogP contribution in [0, 0.1) is 0 Å². The Morgan fingerprint density at radius 3 is 2.79 bits per heavy atom. The first kappa shape index (κ1) is 12.7. The Labute approximate surface area is 109 Å². The second kappa shape index (κ2) is 5.72. The molecule has 2 N–H and O–H groups in total. The molecular weight excluding hydrogens is 246 g/mol. The predicted molar refractivity (Wildman–Crippen MR) is 67.8 cm³/mol. The fraction of sp³-hybridized carbons (Fsp3) is 0.0769. The molecule has 6 nitrogen and oxygen atoms in total. The van der Waals surface area contributed by atoms with Gasteiger partial charge in [0.2, 0.25) is 5.91 Å². The van der Waals surface area contributed by atoms with Crippen molar-refractivity contribution >= 4 is 17.6 Å². The second-order valence-corrected chi connectivity index (χ2v) is 3.81. The van der Waals surface area contributed by atoms with Crippen LogP contribution >= 0.6 is 0 Å². The molecule has 96 valence electrons. The van der Waals surface area contributed by atoms with E-state index in [1.807, 2.05) is 0 Å². The number of anilines is 1. The Kier molecular flexibility index (Phi) is 3.82. The number of aromatic nitrogens is 2. The normalized spacial score (nSPS) is 9.89. The summed E-state index contributed by atoms with van der Waals surface area (Å²) >= 11 is 0. The van der Waals surface area contributed by atoms with Gasteiger partial charge in [-0.15, -0.1) is 0 Å². The maximum atomic E-state index is 11.7. The van der Waals surface area contributed by atoms with E-state index in [-0.39, 0.29) is 17.9 Å². The van der Waals surface area contributed by atoms with Gasteiger partial charge in [0.05, 0.1) is 23.9 Å². The summed E-state index contributed by atoms with van der Waals surface area (Å²) in [7, 11) is 0. The van der Waals surface area contributed by atoms with Crippen LogP contribution in [0.1, 0.15) is 16.1 Å². The van der Waals surface area contributed by atoms with Crippen molar-refractivity contribution in [3.63, 3.8) is 0 Å². The molecule has 0 unspecified atom stereocenters. The van der Waals surface area contributed by atoms with Crippen molar-refractivity contribution in [3.05, 3.63) is 54.1 Å². The number of hydrogen-bond donors (Lipinski definition) is 2. The number of rotatable bonds is 4. The van der Waals surface area contributed by atoms with E-state index in [0.717, 1.165) is 0 Å². The quantitative estimate of drug-likeness (QED) is 0.862. The standard InChI is InChI=1S/C13H11N3O3/c17-12(6-10-3-1-2-4-15-10)16-11-5-9(13(18)19)7-14-8-11/h1-5,7-8H,6H2,(H,16,17)(H,18,19). The smallest absolute Gasteiger partial charge is 0.337 e. The van der Waals surface area contributed by atoms with Crippen LogP contribution in [0.5, 0.6) is 0 Å². The average Bonchev–Trinajstić information content (AvgIpc) is 2.40. The molecule has 0 aromatic carbocycles. The van der Waals surface area contributed by atoms with Crippen molar-refractivity contribution in [1.82, 2.24) is 9.97 Å². The third-order valence-electron chi connectivity index (χ3n) is 2.34. The van der Waals surface area contributed by atoms with Gasteiger partial charge in [0.15, 0.2) is 0 Å². The number of amides is 1. The third-order valence-corrected chi connectivity index (χ3v) is 2.34. The molecule has 0 saturated carbocycles. The van der Waals surface area contributed by atoms with Crippen LogP contribution in [0.25, 0.3) is 0 Å². The Hall–Kier alpha value is -2.76. The highest BCUT2D eigenvalue weighted by Crippen LogP contribution is 2.09. The van der Waals surface area contributed by atoms with Gasteiger partial charge in [-0.05, 0) is 18.2 Å². The minimum absolute atomic E-state index is 0.0237. The minimum atomic E-state index is -1.09. The summed E-state index contributed by atoms with van der Waals surface area (Å²) in [5, 5.41) is 11.4. The number of carboxylic acids is 1. The molecule has 19 heavy (non-hydrogen) atoms. The number of nitrogens with one attached hydrogen (secondary N) is 1. The number of nitrogens with zero attached hydrogens (tertiary/aromatic N) is 2. The maximum Gasteiger partial charge on any atom is 0.337 e. The Bertz CT molecular complexity index is 599. The second-order valence-electron chi connectivity index (χ2n) is 3.81. The lowest BCUT2D eigenvalue weighted by Crippen LogP contribution is -2.15. The highest BCUT2D eigenvalue weighted by atomic mass is 16.4. The molecule has 0 fully saturated rings. The zero-order valence-electron chi connectivity index (χ0n) is 9.91. The van der Waals surface area contributed by atoms with E-state index in [0.29, 0.717) is 11.4 Å². The lowest BCUT2D eigenvalue weighted by atomic mass is 10.2. The lowest BCUT2D eigenvalue weighted by Gasteiger charge is -2.05. The first-order chi connectivity index (χ1) is 9.15. The summed E-state index contributed by atoms with van der Waals surface area (Å²) in [6.07, 6.45) is 4.34. The van der Waals surface area contributed by atoms with Crippen molar-refractivity contribution < 1.29 is 14.7 Å². The number of carbonyl (C=O) groups is 2. The zero-order chi connectivity index (χ0) is 13.7. The molecule has 0 aliphatic rings. The molecule has 0 atom stereocenters. The summed E-state index contributed by atoms with van der Waals surface area (Å²) in [5.74, 6) is -1.36. The zero-order valence-corrected chi connectivity index (χ0v) is 9.91. The lowest BCUT2D eigenvalue weighted by molar-refractivity contribution is -0.115. The highest BCUT2D eigenvalue weighted by Gasteiger charge is 2.08. The fourth-order valence-corrected chi connectivity index (χ4v) is 1.50. The first-order valence-corrected chi connectivity index (χ1v) is 5.53. The summed E-state index contributed by atoms with van der Waals surface area (Å²) in [6.45, 7) is 0.